The molecule has 0 fully saturated rings. The second-order valence-electron chi connectivity index (χ2n) is 3.88. The fourth-order valence-electron chi connectivity index (χ4n) is 0. The van der Waals surface area contributed by atoms with E-state index in [1.807, 2.05) is 0 Å². The van der Waals surface area contributed by atoms with Gasteiger partial charge in [-0.3, -0.25) is 0 Å². The average Bonchev–Trinajstić information content (AvgIpc) is 2.26. The third-order valence-corrected chi connectivity index (χ3v) is 0. The van der Waals surface area contributed by atoms with E-state index < -0.39 is 71.2 Å². The molecule has 0 heterocycles. The summed E-state index contributed by atoms with van der Waals surface area (Å²) in [5.74, 6) is 0. The topological polar surface area (TPSA) is 569 Å². The fraction of sp³-hybridized carbons (Fsp3) is 0. The van der Waals surface area contributed by atoms with Crippen LogP contribution in [0.3, 0.4) is 0 Å². The summed E-state index contributed by atoms with van der Waals surface area (Å²) in [6.07, 6.45) is 0. The molecule has 2 radical (unpaired) electrons. The molecule has 0 aliphatic carbocycles. The molecular weight excluding hydrogens is 1050 g/mol. The number of hydrogen-bond donors (Lipinski definition) is 0. The zero-order chi connectivity index (χ0) is 40.5. The Kier molecular flexibility index (Phi) is 89.0. The van der Waals surface area contributed by atoms with Gasteiger partial charge in [0.25, 0.3) is 0 Å². The van der Waals surface area contributed by atoms with Crippen LogP contribution in [0.1, 0.15) is 0 Å². The van der Waals surface area contributed by atoms with Crippen LogP contribution in [0.4, 0.5) is 37.8 Å². The van der Waals surface area contributed by atoms with E-state index >= 15 is 0 Å². The second-order valence-corrected chi connectivity index (χ2v) is 11.6. The molecule has 0 bridgehead atoms. The van der Waals surface area contributed by atoms with E-state index in [1.54, 1.807) is 0 Å². The molecule has 0 aromatic heterocycles. The summed E-state index contributed by atoms with van der Waals surface area (Å²) >= 11 is 0. The van der Waals surface area contributed by atoms with E-state index in [4.69, 9.17) is 129 Å². The molecule has 0 rings (SSSR count). The normalized spacial score (nSPS) is 10.4. The molecule has 298 valence electrons. The van der Waals surface area contributed by atoms with Crippen LogP contribution in [-0.4, -0.2) is 34.7 Å². The first-order chi connectivity index (χ1) is 18.0. The molecule has 0 amide bonds. The first-order valence-corrected chi connectivity index (χ1v) is 19.4. The molecule has 0 N–H and O–H groups in total. The molecule has 0 atom stereocenters. The molecule has 0 aromatic rings. The SMILES string of the molecule is O=P([O-])([O-])F.O=P([O-])([O-])F.O=P([O-])([O-])F.O=P([O-])([O-])F.O=P([O-])([O-])F.O=P([O-])([O-])F.O=P([O-])([O-])F.O=P([O-])([O-])F.O=P([O-])([O-])F.[Al+3].[Al+3].[Li+].[Li+].[V].[V]. The van der Waals surface area contributed by atoms with Crippen LogP contribution in [0.2, 0.25) is 0 Å². The Morgan fingerprint density at radius 1 is 0.216 bits per heavy atom. The van der Waals surface area contributed by atoms with Crippen LogP contribution in [0.5, 0.6) is 0 Å². The van der Waals surface area contributed by atoms with Crippen molar-refractivity contribution >= 4 is 106 Å². The van der Waals surface area contributed by atoms with E-state index in [9.17, 15) is 37.8 Å². The third kappa shape index (κ3) is 8560. The van der Waals surface area contributed by atoms with Gasteiger partial charge < -0.3 is 129 Å². The van der Waals surface area contributed by atoms with E-state index in [0.717, 1.165) is 0 Å². The molecule has 0 saturated carbocycles. The van der Waals surface area contributed by atoms with Crippen molar-refractivity contribution in [1.82, 2.24) is 0 Å². The molecule has 0 saturated heterocycles. The van der Waals surface area contributed by atoms with Crippen molar-refractivity contribution in [3.8, 4) is 0 Å². The summed E-state index contributed by atoms with van der Waals surface area (Å²) in [5.41, 5.74) is 0. The number of hydrogen-bond acceptors (Lipinski definition) is 27. The van der Waals surface area contributed by atoms with Crippen molar-refractivity contribution in [2.75, 3.05) is 0 Å². The van der Waals surface area contributed by atoms with Crippen LogP contribution in [0.25, 0.3) is 0 Å². The minimum Gasteiger partial charge on any atom is -0.786 e. The van der Waals surface area contributed by atoms with Gasteiger partial charge in [0.15, 0.2) is 0 Å². The molecule has 51 heavy (non-hydrogen) atoms. The predicted molar refractivity (Wildman–Crippen MR) is 89.9 cm³/mol. The van der Waals surface area contributed by atoms with Crippen LogP contribution < -0.4 is 126 Å². The smallest absolute Gasteiger partial charge is 0.786 e. The maximum absolute atomic E-state index is 10.1. The van der Waals surface area contributed by atoms with Crippen molar-refractivity contribution in [2.45, 2.75) is 0 Å². The summed E-state index contributed by atoms with van der Waals surface area (Å²) in [7, 11) is -50.8. The van der Waals surface area contributed by atoms with Crippen LogP contribution in [0, 0.1) is 0 Å². The maximum atomic E-state index is 10.1. The van der Waals surface area contributed by atoms with Crippen LogP contribution in [0.15, 0.2) is 0 Å². The van der Waals surface area contributed by atoms with Gasteiger partial charge in [-0.2, -0.15) is 0 Å². The molecule has 0 spiro atoms. The Labute approximate surface area is 345 Å². The molecule has 27 nitrogen and oxygen atoms in total. The van der Waals surface area contributed by atoms with Crippen molar-refractivity contribution in [3.63, 3.8) is 0 Å². The third-order valence-electron chi connectivity index (χ3n) is 0. The monoisotopic (exact) mass is 1050 g/mol. The second kappa shape index (κ2) is 45.2. The number of halogens is 9. The summed E-state index contributed by atoms with van der Waals surface area (Å²) in [6.45, 7) is 0. The van der Waals surface area contributed by atoms with Gasteiger partial charge >= 0.3 is 72.4 Å². The predicted octanol–water partition coefficient (Wildman–Crippen LogP) is -17.7. The van der Waals surface area contributed by atoms with Gasteiger partial charge in [-0.05, 0) is 0 Å². The molecule has 51 heteroatoms. The fourth-order valence-corrected chi connectivity index (χ4v) is 0. The molecule has 0 unspecified atom stereocenters. The summed E-state index contributed by atoms with van der Waals surface area (Å²) in [6, 6.07) is 0. The largest absolute Gasteiger partial charge is 3.00 e. The standard InChI is InChI=1S/2Al.9FH2O3P.2Li.2V/c;;9*1-5(2,3)4;;;;/h;;9*(H2,2,3,4);;;;/q2*+3;;;;;;;;;;2*+1;;/p-18. The summed E-state index contributed by atoms with van der Waals surface area (Å²) < 4.78 is 167. The van der Waals surface area contributed by atoms with Gasteiger partial charge in [-0.15, -0.1) is 0 Å². The van der Waals surface area contributed by atoms with Crippen molar-refractivity contribution < 1.29 is 242 Å². The zero-order valence-corrected chi connectivity index (χ0v) is 35.7. The Balaban J connectivity index is -0.0000000217. The zero-order valence-electron chi connectivity index (χ0n) is 22.5. The molecular formula is Al2F9Li2O27P9V2-10. The van der Waals surface area contributed by atoms with Gasteiger partial charge in [0.1, 0.15) is 71.2 Å². The molecule has 0 aliphatic heterocycles. The number of rotatable bonds is 0. The van der Waals surface area contributed by atoms with Gasteiger partial charge in [0, 0.05) is 37.1 Å². The van der Waals surface area contributed by atoms with E-state index in [2.05, 4.69) is 0 Å². The Bertz CT molecular complexity index is 799. The Morgan fingerprint density at radius 3 is 0.216 bits per heavy atom. The first-order valence-electron chi connectivity index (χ1n) is 6.45. The van der Waals surface area contributed by atoms with Crippen LogP contribution in [-0.2, 0) is 78.2 Å². The van der Waals surface area contributed by atoms with Crippen molar-refractivity contribution in [3.05, 3.63) is 0 Å². The van der Waals surface area contributed by atoms with Crippen molar-refractivity contribution in [2.24, 2.45) is 0 Å². The van der Waals surface area contributed by atoms with Crippen LogP contribution >= 0.6 is 71.2 Å². The first kappa shape index (κ1) is 100. The van der Waals surface area contributed by atoms with Gasteiger partial charge in [-0.1, -0.05) is 0 Å². The van der Waals surface area contributed by atoms with E-state index in [0.29, 0.717) is 0 Å². The van der Waals surface area contributed by atoms with E-state index in [-0.39, 0.29) is 110 Å². The van der Waals surface area contributed by atoms with Gasteiger partial charge in [0.2, 0.25) is 0 Å². The summed E-state index contributed by atoms with van der Waals surface area (Å²) in [5, 5.41) is 0. The van der Waals surface area contributed by atoms with Crippen molar-refractivity contribution in [1.29, 1.82) is 0 Å². The van der Waals surface area contributed by atoms with Gasteiger partial charge in [-0.25, -0.2) is 37.8 Å². The average molecular weight is 1050 g/mol. The quantitative estimate of drug-likeness (QED) is 0.123. The molecule has 0 aromatic carbocycles. The maximum Gasteiger partial charge on any atom is 3.00 e. The minimum atomic E-state index is -5.64. The Morgan fingerprint density at radius 2 is 0.216 bits per heavy atom. The van der Waals surface area contributed by atoms with Gasteiger partial charge in [0.05, 0.1) is 0 Å². The Hall–Kier alpha value is 4.15. The minimum absolute atomic E-state index is 0. The molecule has 0 aliphatic rings. The van der Waals surface area contributed by atoms with E-state index in [1.165, 1.54) is 0 Å². The summed E-state index contributed by atoms with van der Waals surface area (Å²) in [4.78, 5) is 152.